The number of halogens is 3. The van der Waals surface area contributed by atoms with Crippen LogP contribution in [0.1, 0.15) is 41.8 Å². The maximum Gasteiger partial charge on any atom is 0.416 e. The minimum absolute atomic E-state index is 0.0285. The molecule has 1 saturated carbocycles. The van der Waals surface area contributed by atoms with E-state index >= 15 is 0 Å². The first-order valence-electron chi connectivity index (χ1n) is 8.23. The van der Waals surface area contributed by atoms with E-state index in [2.05, 4.69) is 20.6 Å². The number of hydrogen-bond donors (Lipinski definition) is 2. The molecule has 2 N–H and O–H groups in total. The first kappa shape index (κ1) is 16.8. The Hall–Kier alpha value is -2.68. The van der Waals surface area contributed by atoms with Crippen molar-refractivity contribution in [2.45, 2.75) is 31.0 Å². The zero-order valence-electron chi connectivity index (χ0n) is 13.6. The minimum atomic E-state index is -4.44. The van der Waals surface area contributed by atoms with Gasteiger partial charge in [-0.15, -0.1) is 15.3 Å². The number of nitrogens with zero attached hydrogens (tertiary/aromatic N) is 4. The fraction of sp³-hybridized carbons (Fsp3) is 0.353. The van der Waals surface area contributed by atoms with Gasteiger partial charge >= 0.3 is 6.18 Å². The van der Waals surface area contributed by atoms with Crippen LogP contribution in [0.25, 0.3) is 5.65 Å². The molecule has 0 spiro atoms. The van der Waals surface area contributed by atoms with E-state index in [4.69, 9.17) is 0 Å². The van der Waals surface area contributed by atoms with Crippen molar-refractivity contribution in [1.82, 2.24) is 19.8 Å². The van der Waals surface area contributed by atoms with Crippen LogP contribution in [-0.4, -0.2) is 31.5 Å². The van der Waals surface area contributed by atoms with Gasteiger partial charge in [-0.05, 0) is 42.7 Å². The van der Waals surface area contributed by atoms with Gasteiger partial charge in [-0.2, -0.15) is 17.7 Å². The second-order valence-electron chi connectivity index (χ2n) is 6.34. The molecule has 1 atom stereocenters. The Morgan fingerprint density at radius 3 is 2.73 bits per heavy atom. The molecule has 0 amide bonds. The van der Waals surface area contributed by atoms with Gasteiger partial charge in [-0.3, -0.25) is 0 Å². The van der Waals surface area contributed by atoms with Crippen molar-refractivity contribution in [3.63, 3.8) is 0 Å². The van der Waals surface area contributed by atoms with Gasteiger partial charge in [-0.25, -0.2) is 0 Å². The topological polar surface area (TPSA) is 75.3 Å². The van der Waals surface area contributed by atoms with E-state index in [9.17, 15) is 18.3 Å². The summed E-state index contributed by atoms with van der Waals surface area (Å²) in [6.07, 6.45) is -3.41. The summed E-state index contributed by atoms with van der Waals surface area (Å²) in [5.41, 5.74) is 0.0411. The van der Waals surface area contributed by atoms with E-state index in [1.54, 1.807) is 16.6 Å². The van der Waals surface area contributed by atoms with Gasteiger partial charge < -0.3 is 10.4 Å². The molecule has 1 aliphatic rings. The molecule has 4 rings (SSSR count). The van der Waals surface area contributed by atoms with Crippen molar-refractivity contribution >= 4 is 11.5 Å². The third-order valence-corrected chi connectivity index (χ3v) is 4.30. The summed E-state index contributed by atoms with van der Waals surface area (Å²) in [5.74, 6) is 1.68. The molecule has 1 aromatic carbocycles. The average molecular weight is 363 g/mol. The zero-order chi connectivity index (χ0) is 18.3. The summed E-state index contributed by atoms with van der Waals surface area (Å²) in [5, 5.41) is 25.8. The van der Waals surface area contributed by atoms with Crippen LogP contribution in [0.5, 0.6) is 0 Å². The summed E-state index contributed by atoms with van der Waals surface area (Å²) >= 11 is 0. The number of rotatable bonds is 5. The summed E-state index contributed by atoms with van der Waals surface area (Å²) in [4.78, 5) is 0. The maximum absolute atomic E-state index is 12.8. The fourth-order valence-corrected chi connectivity index (χ4v) is 2.74. The van der Waals surface area contributed by atoms with Crippen LogP contribution >= 0.6 is 0 Å². The highest BCUT2D eigenvalue weighted by Gasteiger charge is 2.31. The number of hydrogen-bond acceptors (Lipinski definition) is 5. The van der Waals surface area contributed by atoms with Crippen LogP contribution in [-0.2, 0) is 6.18 Å². The minimum Gasteiger partial charge on any atom is -0.387 e. The largest absolute Gasteiger partial charge is 0.416 e. The summed E-state index contributed by atoms with van der Waals surface area (Å²) in [7, 11) is 0. The van der Waals surface area contributed by atoms with Crippen molar-refractivity contribution in [3.8, 4) is 0 Å². The Morgan fingerprint density at radius 1 is 1.19 bits per heavy atom. The molecule has 136 valence electrons. The fourth-order valence-electron chi connectivity index (χ4n) is 2.74. The Labute approximate surface area is 146 Å². The molecule has 1 fully saturated rings. The highest BCUT2D eigenvalue weighted by Crippen LogP contribution is 2.38. The molecule has 26 heavy (non-hydrogen) atoms. The molecule has 0 aliphatic heterocycles. The number of aromatic nitrogens is 4. The Bertz CT molecular complexity index is 936. The predicted octanol–water partition coefficient (Wildman–Crippen LogP) is 3.17. The standard InChI is InChI=1S/C17H16F3N5O/c18-17(19,20)12-3-1-2-11(8-12)13(26)9-21-14-6-7-15-22-23-16(10-4-5-10)25(15)24-14/h1-3,6-8,10,13,26H,4-5,9H2,(H,21,24). The van der Waals surface area contributed by atoms with Gasteiger partial charge in [0.1, 0.15) is 5.82 Å². The van der Waals surface area contributed by atoms with E-state index in [1.807, 2.05) is 0 Å². The second-order valence-corrected chi connectivity index (χ2v) is 6.34. The molecule has 6 nitrogen and oxygen atoms in total. The van der Waals surface area contributed by atoms with Crippen LogP contribution in [0, 0.1) is 0 Å². The molecule has 3 aromatic rings. The number of alkyl halides is 3. The van der Waals surface area contributed by atoms with Gasteiger partial charge in [0.2, 0.25) is 0 Å². The lowest BCUT2D eigenvalue weighted by Gasteiger charge is -2.15. The predicted molar refractivity (Wildman–Crippen MR) is 87.7 cm³/mol. The van der Waals surface area contributed by atoms with Gasteiger partial charge in [0.15, 0.2) is 11.5 Å². The van der Waals surface area contributed by atoms with Crippen LogP contribution in [0.4, 0.5) is 19.0 Å². The molecular formula is C17H16F3N5O. The first-order valence-corrected chi connectivity index (χ1v) is 8.23. The lowest BCUT2D eigenvalue weighted by molar-refractivity contribution is -0.137. The summed E-state index contributed by atoms with van der Waals surface area (Å²) in [6.45, 7) is 0.0285. The third-order valence-electron chi connectivity index (χ3n) is 4.30. The van der Waals surface area contributed by atoms with Crippen molar-refractivity contribution in [1.29, 1.82) is 0 Å². The van der Waals surface area contributed by atoms with Crippen molar-refractivity contribution in [2.75, 3.05) is 11.9 Å². The zero-order valence-corrected chi connectivity index (χ0v) is 13.6. The first-order chi connectivity index (χ1) is 12.4. The van der Waals surface area contributed by atoms with E-state index < -0.39 is 17.8 Å². The average Bonchev–Trinajstić information content (AvgIpc) is 3.38. The summed E-state index contributed by atoms with van der Waals surface area (Å²) in [6, 6.07) is 8.12. The van der Waals surface area contributed by atoms with Crippen molar-refractivity contribution in [2.24, 2.45) is 0 Å². The lowest BCUT2D eigenvalue weighted by Crippen LogP contribution is -2.15. The van der Waals surface area contributed by atoms with E-state index in [1.165, 1.54) is 12.1 Å². The Morgan fingerprint density at radius 2 is 2.00 bits per heavy atom. The van der Waals surface area contributed by atoms with Crippen molar-refractivity contribution in [3.05, 3.63) is 53.3 Å². The molecular weight excluding hydrogens is 347 g/mol. The van der Waals surface area contributed by atoms with Crippen LogP contribution in [0.3, 0.4) is 0 Å². The number of anilines is 1. The number of fused-ring (bicyclic) bond motifs is 1. The second kappa shape index (κ2) is 6.24. The van der Waals surface area contributed by atoms with Gasteiger partial charge in [0.05, 0.1) is 11.7 Å². The van der Waals surface area contributed by atoms with E-state index in [0.29, 0.717) is 17.4 Å². The lowest BCUT2D eigenvalue weighted by atomic mass is 10.1. The Balaban J connectivity index is 1.48. The smallest absolute Gasteiger partial charge is 0.387 e. The maximum atomic E-state index is 12.8. The number of aliphatic hydroxyl groups excluding tert-OH is 1. The molecule has 1 aliphatic carbocycles. The number of benzene rings is 1. The van der Waals surface area contributed by atoms with Crippen LogP contribution in [0.2, 0.25) is 0 Å². The monoisotopic (exact) mass is 363 g/mol. The highest BCUT2D eigenvalue weighted by atomic mass is 19.4. The summed E-state index contributed by atoms with van der Waals surface area (Å²) < 4.78 is 40.0. The van der Waals surface area contributed by atoms with Crippen LogP contribution < -0.4 is 5.32 Å². The van der Waals surface area contributed by atoms with E-state index in [0.717, 1.165) is 30.8 Å². The van der Waals surface area contributed by atoms with Gasteiger partial charge in [0.25, 0.3) is 0 Å². The quantitative estimate of drug-likeness (QED) is 0.728. The van der Waals surface area contributed by atoms with Crippen LogP contribution in [0.15, 0.2) is 36.4 Å². The molecule has 2 aromatic heterocycles. The highest BCUT2D eigenvalue weighted by molar-refractivity contribution is 5.44. The third kappa shape index (κ3) is 3.34. The SMILES string of the molecule is OC(CNc1ccc2nnc(C3CC3)n2n1)c1cccc(C(F)(F)F)c1. The number of nitrogens with one attached hydrogen (secondary N) is 1. The number of aliphatic hydroxyl groups is 1. The molecule has 2 heterocycles. The molecule has 0 radical (unpaired) electrons. The molecule has 0 bridgehead atoms. The molecule has 9 heteroatoms. The Kier molecular flexibility index (Phi) is 4.03. The van der Waals surface area contributed by atoms with Crippen molar-refractivity contribution < 1.29 is 18.3 Å². The molecule has 0 saturated heterocycles. The van der Waals surface area contributed by atoms with Gasteiger partial charge in [0, 0.05) is 12.5 Å². The van der Waals surface area contributed by atoms with E-state index in [-0.39, 0.29) is 12.1 Å². The normalized spacial score (nSPS) is 16.0. The molecule has 1 unspecified atom stereocenters. The van der Waals surface area contributed by atoms with Gasteiger partial charge in [-0.1, -0.05) is 12.1 Å².